The first kappa shape index (κ1) is 20.6. The largest absolute Gasteiger partial charge is 0.363 e. The van der Waals surface area contributed by atoms with E-state index in [9.17, 15) is 13.2 Å². The van der Waals surface area contributed by atoms with E-state index in [0.29, 0.717) is 22.6 Å². The zero-order valence-electron chi connectivity index (χ0n) is 17.4. The van der Waals surface area contributed by atoms with Gasteiger partial charge in [-0.3, -0.25) is 9.52 Å². The number of carbonyl (C=O) groups excluding carboxylic acids is 1. The second-order valence-electron chi connectivity index (χ2n) is 7.54. The number of carbonyl (C=O) groups is 1. The maximum absolute atomic E-state index is 13.3. The fourth-order valence-electron chi connectivity index (χ4n) is 3.50. The predicted molar refractivity (Wildman–Crippen MR) is 124 cm³/mol. The lowest BCUT2D eigenvalue weighted by atomic mass is 9.96. The molecule has 4 aromatic rings. The molecule has 0 saturated heterocycles. The van der Waals surface area contributed by atoms with Crippen molar-refractivity contribution in [1.29, 1.82) is 0 Å². The molecule has 31 heavy (non-hydrogen) atoms. The van der Waals surface area contributed by atoms with E-state index >= 15 is 0 Å². The molecule has 0 aliphatic heterocycles. The van der Waals surface area contributed by atoms with Gasteiger partial charge in [0, 0.05) is 54.2 Å². The quantitative estimate of drug-likeness (QED) is 0.449. The molecular formula is C23H22N4O3S. The van der Waals surface area contributed by atoms with Gasteiger partial charge in [0.05, 0.1) is 6.26 Å². The zero-order chi connectivity index (χ0) is 22.2. The summed E-state index contributed by atoms with van der Waals surface area (Å²) in [4.78, 5) is 22.5. The van der Waals surface area contributed by atoms with Crippen LogP contribution in [0.15, 0.2) is 67.0 Å². The highest BCUT2D eigenvalue weighted by Crippen LogP contribution is 2.32. The van der Waals surface area contributed by atoms with Gasteiger partial charge in [-0.2, -0.15) is 0 Å². The van der Waals surface area contributed by atoms with Crippen LogP contribution in [0.2, 0.25) is 0 Å². The van der Waals surface area contributed by atoms with Gasteiger partial charge in [0.1, 0.15) is 5.82 Å². The first-order valence-corrected chi connectivity index (χ1v) is 11.5. The number of aromatic amines is 1. The number of benzene rings is 2. The number of hydrogen-bond acceptors (Lipinski definition) is 5. The zero-order valence-corrected chi connectivity index (χ0v) is 18.2. The molecule has 0 amide bonds. The Balaban J connectivity index is 1.87. The number of ketones is 1. The van der Waals surface area contributed by atoms with Gasteiger partial charge in [-0.05, 0) is 53.6 Å². The molecule has 158 valence electrons. The van der Waals surface area contributed by atoms with Gasteiger partial charge in [0.2, 0.25) is 10.0 Å². The van der Waals surface area contributed by atoms with E-state index in [2.05, 4.69) is 14.7 Å². The molecule has 7 nitrogen and oxygen atoms in total. The van der Waals surface area contributed by atoms with Crippen molar-refractivity contribution < 1.29 is 13.2 Å². The van der Waals surface area contributed by atoms with E-state index in [4.69, 9.17) is 0 Å². The van der Waals surface area contributed by atoms with Gasteiger partial charge in [-0.25, -0.2) is 13.4 Å². The molecule has 0 aliphatic carbocycles. The highest BCUT2D eigenvalue weighted by Gasteiger charge is 2.16. The van der Waals surface area contributed by atoms with Crippen molar-refractivity contribution in [2.45, 2.75) is 0 Å². The fraction of sp³-hybridized carbons (Fsp3) is 0.130. The topological polar surface area (TPSA) is 95.2 Å². The number of nitrogens with zero attached hydrogens (tertiary/aromatic N) is 2. The predicted octanol–water partition coefficient (Wildman–Crippen LogP) is 3.90. The standard InChI is InChI=1S/C23H22N4O3S/c1-27(2)22-14-15(7-9-25-22)23(28)17-11-16(12-18(13-17)26-31(3,29)30)19-5-4-6-21-20(19)8-10-24-21/h4-14,24,26H,1-3H3. The number of anilines is 2. The Labute approximate surface area is 180 Å². The minimum Gasteiger partial charge on any atom is -0.363 e. The Kier molecular flexibility index (Phi) is 5.24. The molecule has 8 heteroatoms. The molecule has 0 fully saturated rings. The lowest BCUT2D eigenvalue weighted by Gasteiger charge is -2.13. The number of aromatic nitrogens is 2. The fourth-order valence-corrected chi connectivity index (χ4v) is 4.04. The van der Waals surface area contributed by atoms with E-state index in [1.54, 1.807) is 36.5 Å². The Hall–Kier alpha value is -3.65. The highest BCUT2D eigenvalue weighted by atomic mass is 32.2. The third-order valence-corrected chi connectivity index (χ3v) is 5.48. The summed E-state index contributed by atoms with van der Waals surface area (Å²) < 4.78 is 26.3. The summed E-state index contributed by atoms with van der Waals surface area (Å²) in [5, 5.41) is 0.983. The maximum atomic E-state index is 13.3. The Morgan fingerprint density at radius 2 is 1.84 bits per heavy atom. The van der Waals surface area contributed by atoms with Crippen LogP contribution in [0.1, 0.15) is 15.9 Å². The summed E-state index contributed by atoms with van der Waals surface area (Å²) in [6.45, 7) is 0. The number of sulfonamides is 1. The van der Waals surface area contributed by atoms with Crippen LogP contribution in [0, 0.1) is 0 Å². The summed E-state index contributed by atoms with van der Waals surface area (Å²) in [6.07, 6.45) is 4.52. The maximum Gasteiger partial charge on any atom is 0.229 e. The van der Waals surface area contributed by atoms with Crippen molar-refractivity contribution in [3.63, 3.8) is 0 Å². The molecule has 4 rings (SSSR count). The minimum atomic E-state index is -3.52. The van der Waals surface area contributed by atoms with Gasteiger partial charge >= 0.3 is 0 Å². The molecule has 2 aromatic carbocycles. The van der Waals surface area contributed by atoms with Crippen molar-refractivity contribution in [2.75, 3.05) is 30.0 Å². The van der Waals surface area contributed by atoms with E-state index in [-0.39, 0.29) is 5.78 Å². The van der Waals surface area contributed by atoms with Crippen LogP contribution in [-0.4, -0.2) is 44.5 Å². The number of rotatable bonds is 6. The number of H-pyrrole nitrogens is 1. The van der Waals surface area contributed by atoms with Gasteiger partial charge < -0.3 is 9.88 Å². The van der Waals surface area contributed by atoms with E-state index in [1.807, 2.05) is 49.5 Å². The second-order valence-corrected chi connectivity index (χ2v) is 9.29. The molecule has 0 atom stereocenters. The monoisotopic (exact) mass is 434 g/mol. The van der Waals surface area contributed by atoms with Crippen molar-refractivity contribution in [2.24, 2.45) is 0 Å². The normalized spacial score (nSPS) is 11.5. The molecule has 2 N–H and O–H groups in total. The van der Waals surface area contributed by atoms with Crippen LogP contribution in [0.4, 0.5) is 11.5 Å². The van der Waals surface area contributed by atoms with Crippen LogP contribution in [0.3, 0.4) is 0 Å². The summed E-state index contributed by atoms with van der Waals surface area (Å²) in [5.41, 5.74) is 3.78. The third kappa shape index (κ3) is 4.44. The highest BCUT2D eigenvalue weighted by molar-refractivity contribution is 7.92. The SMILES string of the molecule is CN(C)c1cc(C(=O)c2cc(NS(C)(=O)=O)cc(-c3cccc4[nH]ccc34)c2)ccn1. The third-order valence-electron chi connectivity index (χ3n) is 4.87. The molecule has 2 aromatic heterocycles. The minimum absolute atomic E-state index is 0.217. The average molecular weight is 435 g/mol. The smallest absolute Gasteiger partial charge is 0.229 e. The first-order valence-electron chi connectivity index (χ1n) is 9.59. The van der Waals surface area contributed by atoms with Crippen LogP contribution in [0.25, 0.3) is 22.0 Å². The van der Waals surface area contributed by atoms with Crippen LogP contribution < -0.4 is 9.62 Å². The molecule has 0 aliphatic rings. The lowest BCUT2D eigenvalue weighted by molar-refractivity contribution is 0.103. The van der Waals surface area contributed by atoms with Crippen molar-refractivity contribution in [1.82, 2.24) is 9.97 Å². The Morgan fingerprint density at radius 3 is 2.58 bits per heavy atom. The molecule has 0 spiro atoms. The number of hydrogen-bond donors (Lipinski definition) is 2. The Morgan fingerprint density at radius 1 is 1.03 bits per heavy atom. The van der Waals surface area contributed by atoms with Crippen LogP contribution in [0.5, 0.6) is 0 Å². The second kappa shape index (κ2) is 7.88. The van der Waals surface area contributed by atoms with Gasteiger partial charge in [0.15, 0.2) is 5.78 Å². The van der Waals surface area contributed by atoms with Crippen LogP contribution >= 0.6 is 0 Å². The molecule has 2 heterocycles. The lowest BCUT2D eigenvalue weighted by Crippen LogP contribution is -2.13. The van der Waals surface area contributed by atoms with E-state index in [0.717, 1.165) is 28.3 Å². The summed E-state index contributed by atoms with van der Waals surface area (Å²) in [7, 11) is 0.183. The molecule has 0 bridgehead atoms. The molecule has 0 unspecified atom stereocenters. The van der Waals surface area contributed by atoms with E-state index in [1.165, 1.54) is 0 Å². The van der Waals surface area contributed by atoms with Crippen molar-refractivity contribution in [3.8, 4) is 11.1 Å². The number of pyridine rings is 1. The van der Waals surface area contributed by atoms with Gasteiger partial charge in [-0.1, -0.05) is 12.1 Å². The van der Waals surface area contributed by atoms with Crippen molar-refractivity contribution in [3.05, 3.63) is 78.1 Å². The Bertz CT molecular complexity index is 1390. The van der Waals surface area contributed by atoms with E-state index < -0.39 is 10.0 Å². The molecule has 0 saturated carbocycles. The van der Waals surface area contributed by atoms with Gasteiger partial charge in [0.25, 0.3) is 0 Å². The summed E-state index contributed by atoms with van der Waals surface area (Å²) in [6, 6.07) is 16.2. The number of fused-ring (bicyclic) bond motifs is 1. The average Bonchev–Trinajstić information content (AvgIpc) is 3.20. The van der Waals surface area contributed by atoms with Crippen molar-refractivity contribution >= 4 is 38.2 Å². The number of nitrogens with one attached hydrogen (secondary N) is 2. The summed E-state index contributed by atoms with van der Waals surface area (Å²) >= 11 is 0. The molecule has 0 radical (unpaired) electrons. The summed E-state index contributed by atoms with van der Waals surface area (Å²) in [5.74, 6) is 0.443. The first-order chi connectivity index (χ1) is 14.7. The van der Waals surface area contributed by atoms with Crippen LogP contribution in [-0.2, 0) is 10.0 Å². The molecular weight excluding hydrogens is 412 g/mol. The van der Waals surface area contributed by atoms with Gasteiger partial charge in [-0.15, -0.1) is 0 Å².